The zero-order valence-corrected chi connectivity index (χ0v) is 15.6. The van der Waals surface area contributed by atoms with Gasteiger partial charge < -0.3 is 4.74 Å². The predicted octanol–water partition coefficient (Wildman–Crippen LogP) is 3.01. The summed E-state index contributed by atoms with van der Waals surface area (Å²) in [7, 11) is -3.34. The SMILES string of the molecule is CC(C)(C)C(=O)OCOP(=O)(CCC1CC1)C1CCCN(O)C1=O. The van der Waals surface area contributed by atoms with E-state index < -0.39 is 37.1 Å². The highest BCUT2D eigenvalue weighted by Crippen LogP contribution is 2.57. The number of nitrogens with zero attached hydrogens (tertiary/aromatic N) is 1. The van der Waals surface area contributed by atoms with E-state index >= 15 is 0 Å². The molecule has 0 aromatic heterocycles. The van der Waals surface area contributed by atoms with Crippen LogP contribution in [-0.4, -0.2) is 47.3 Å². The Morgan fingerprint density at radius 2 is 2.00 bits per heavy atom. The summed E-state index contributed by atoms with van der Waals surface area (Å²) in [5.74, 6) is -0.458. The fourth-order valence-corrected chi connectivity index (χ4v) is 5.29. The molecule has 8 heteroatoms. The maximum absolute atomic E-state index is 13.3. The average molecular weight is 361 g/mol. The lowest BCUT2D eigenvalue weighted by Crippen LogP contribution is -2.42. The van der Waals surface area contributed by atoms with Gasteiger partial charge in [0.05, 0.1) is 5.41 Å². The third-order valence-corrected chi connectivity index (χ3v) is 7.33. The second-order valence-electron chi connectivity index (χ2n) is 7.73. The summed E-state index contributed by atoms with van der Waals surface area (Å²) in [6, 6.07) is 0. The van der Waals surface area contributed by atoms with Gasteiger partial charge in [-0.25, -0.2) is 5.06 Å². The molecule has 138 valence electrons. The largest absolute Gasteiger partial charge is 0.438 e. The molecule has 24 heavy (non-hydrogen) atoms. The number of rotatable bonds is 7. The summed E-state index contributed by atoms with van der Waals surface area (Å²) in [5, 5.41) is 10.3. The molecule has 0 aromatic rings. The zero-order chi connectivity index (χ0) is 18.0. The highest BCUT2D eigenvalue weighted by Gasteiger charge is 2.44. The first kappa shape index (κ1) is 19.4. The van der Waals surface area contributed by atoms with Crippen molar-refractivity contribution < 1.29 is 28.6 Å². The lowest BCUT2D eigenvalue weighted by atomic mass is 9.98. The summed E-state index contributed by atoms with van der Waals surface area (Å²) < 4.78 is 23.9. The summed E-state index contributed by atoms with van der Waals surface area (Å²) in [6.45, 7) is 4.98. The van der Waals surface area contributed by atoms with Crippen LogP contribution in [0.1, 0.15) is 52.9 Å². The molecule has 7 nitrogen and oxygen atoms in total. The summed E-state index contributed by atoms with van der Waals surface area (Å²) >= 11 is 0. The number of amides is 1. The van der Waals surface area contributed by atoms with Crippen molar-refractivity contribution in [1.29, 1.82) is 0 Å². The quantitative estimate of drug-likeness (QED) is 0.324. The lowest BCUT2D eigenvalue weighted by Gasteiger charge is -2.32. The number of hydrogen-bond donors (Lipinski definition) is 1. The van der Waals surface area contributed by atoms with E-state index in [1.54, 1.807) is 20.8 Å². The Bertz CT molecular complexity index is 525. The first-order chi connectivity index (χ1) is 11.1. The molecule has 0 bridgehead atoms. The lowest BCUT2D eigenvalue weighted by molar-refractivity contribution is -0.169. The van der Waals surface area contributed by atoms with Gasteiger partial charge in [0.1, 0.15) is 5.66 Å². The standard InChI is InChI=1S/C16H28NO6P/c1-16(2,3)15(19)22-11-23-24(21,10-8-12-6-7-12)13-5-4-9-17(20)14(13)18/h12-13,20H,4-11H2,1-3H3. The molecule has 1 N–H and O–H groups in total. The second kappa shape index (κ2) is 7.54. The predicted molar refractivity (Wildman–Crippen MR) is 87.8 cm³/mol. The van der Waals surface area contributed by atoms with Gasteiger partial charge in [0.15, 0.2) is 6.79 Å². The van der Waals surface area contributed by atoms with E-state index in [0.29, 0.717) is 23.8 Å². The maximum Gasteiger partial charge on any atom is 0.313 e. The summed E-state index contributed by atoms with van der Waals surface area (Å²) in [5.41, 5.74) is -1.52. The number of hydroxylamine groups is 2. The fraction of sp³-hybridized carbons (Fsp3) is 0.875. The van der Waals surface area contributed by atoms with E-state index in [1.165, 1.54) is 0 Å². The van der Waals surface area contributed by atoms with Gasteiger partial charge in [0, 0.05) is 12.7 Å². The van der Waals surface area contributed by atoms with Crippen LogP contribution in [0.2, 0.25) is 0 Å². The normalized spacial score (nSPS) is 24.6. The third kappa shape index (κ3) is 5.04. The first-order valence-electron chi connectivity index (χ1n) is 8.54. The minimum Gasteiger partial charge on any atom is -0.438 e. The van der Waals surface area contributed by atoms with Crippen LogP contribution >= 0.6 is 7.37 Å². The topological polar surface area (TPSA) is 93.1 Å². The number of ether oxygens (including phenoxy) is 1. The molecule has 1 aliphatic carbocycles. The van der Waals surface area contributed by atoms with Crippen molar-refractivity contribution in [3.05, 3.63) is 0 Å². The molecule has 2 unspecified atom stereocenters. The molecule has 1 saturated carbocycles. The number of carbonyl (C=O) groups excluding carboxylic acids is 2. The Hall–Kier alpha value is -0.910. The van der Waals surface area contributed by atoms with Crippen molar-refractivity contribution in [3.63, 3.8) is 0 Å². The van der Waals surface area contributed by atoms with Crippen molar-refractivity contribution in [3.8, 4) is 0 Å². The second-order valence-corrected chi connectivity index (χ2v) is 10.5. The van der Waals surface area contributed by atoms with Crippen LogP contribution in [-0.2, 0) is 23.4 Å². The van der Waals surface area contributed by atoms with E-state index in [0.717, 1.165) is 19.3 Å². The molecule has 2 rings (SSSR count). The van der Waals surface area contributed by atoms with Crippen molar-refractivity contribution >= 4 is 19.2 Å². The van der Waals surface area contributed by atoms with Crippen LogP contribution in [0.5, 0.6) is 0 Å². The molecule has 1 aliphatic heterocycles. The number of carbonyl (C=O) groups is 2. The number of esters is 1. The van der Waals surface area contributed by atoms with Crippen LogP contribution in [0.4, 0.5) is 0 Å². The monoisotopic (exact) mass is 361 g/mol. The van der Waals surface area contributed by atoms with Crippen LogP contribution in [0, 0.1) is 11.3 Å². The van der Waals surface area contributed by atoms with E-state index in [-0.39, 0.29) is 12.7 Å². The van der Waals surface area contributed by atoms with E-state index in [2.05, 4.69) is 0 Å². The summed E-state index contributed by atoms with van der Waals surface area (Å²) in [4.78, 5) is 24.0. The molecular formula is C16H28NO6P. The van der Waals surface area contributed by atoms with E-state index in [4.69, 9.17) is 9.26 Å². The Labute approximate surface area is 143 Å². The minimum atomic E-state index is -3.34. The smallest absolute Gasteiger partial charge is 0.313 e. The molecule has 1 amide bonds. The van der Waals surface area contributed by atoms with Crippen molar-refractivity contribution in [2.75, 3.05) is 19.5 Å². The third-order valence-electron chi connectivity index (χ3n) is 4.48. The average Bonchev–Trinajstić information content (AvgIpc) is 3.31. The van der Waals surface area contributed by atoms with Gasteiger partial charge in [-0.1, -0.05) is 12.8 Å². The van der Waals surface area contributed by atoms with Gasteiger partial charge >= 0.3 is 5.97 Å². The Morgan fingerprint density at radius 1 is 1.33 bits per heavy atom. The zero-order valence-electron chi connectivity index (χ0n) is 14.7. The van der Waals surface area contributed by atoms with E-state index in [1.807, 2.05) is 0 Å². The molecule has 1 saturated heterocycles. The molecule has 0 radical (unpaired) electrons. The number of hydrogen-bond acceptors (Lipinski definition) is 6. The van der Waals surface area contributed by atoms with Crippen LogP contribution in [0.25, 0.3) is 0 Å². The van der Waals surface area contributed by atoms with Gasteiger partial charge in [-0.2, -0.15) is 0 Å². The van der Waals surface area contributed by atoms with Gasteiger partial charge in [0.25, 0.3) is 5.91 Å². The van der Waals surface area contributed by atoms with Crippen LogP contribution < -0.4 is 0 Å². The van der Waals surface area contributed by atoms with Crippen molar-refractivity contribution in [2.45, 2.75) is 58.5 Å². The van der Waals surface area contributed by atoms with Gasteiger partial charge in [-0.15, -0.1) is 0 Å². The minimum absolute atomic E-state index is 0.247. The van der Waals surface area contributed by atoms with Crippen molar-refractivity contribution in [2.24, 2.45) is 11.3 Å². The number of piperidine rings is 1. The summed E-state index contributed by atoms with van der Waals surface area (Å²) in [6.07, 6.45) is 4.25. The Morgan fingerprint density at radius 3 is 2.58 bits per heavy atom. The van der Waals surface area contributed by atoms with Gasteiger partial charge in [0.2, 0.25) is 7.37 Å². The highest BCUT2D eigenvalue weighted by molar-refractivity contribution is 7.60. The van der Waals surface area contributed by atoms with Crippen LogP contribution in [0.15, 0.2) is 0 Å². The fourth-order valence-electron chi connectivity index (χ4n) is 2.67. The Kier molecular flexibility index (Phi) is 6.10. The Balaban J connectivity index is 2.01. The molecule has 0 aromatic carbocycles. The van der Waals surface area contributed by atoms with Crippen LogP contribution in [0.3, 0.4) is 0 Å². The molecule has 1 heterocycles. The molecular weight excluding hydrogens is 333 g/mol. The molecule has 2 fully saturated rings. The van der Waals surface area contributed by atoms with Crippen molar-refractivity contribution in [1.82, 2.24) is 5.06 Å². The van der Waals surface area contributed by atoms with E-state index in [9.17, 15) is 19.4 Å². The molecule has 0 spiro atoms. The molecule has 2 aliphatic rings. The van der Waals surface area contributed by atoms with Gasteiger partial charge in [-0.05, 0) is 46.0 Å². The van der Waals surface area contributed by atoms with Gasteiger partial charge in [-0.3, -0.25) is 23.9 Å². The molecule has 2 atom stereocenters. The highest BCUT2D eigenvalue weighted by atomic mass is 31.2. The maximum atomic E-state index is 13.3. The first-order valence-corrected chi connectivity index (χ1v) is 10.4.